The molecule has 0 aliphatic rings. The molecule has 0 unspecified atom stereocenters. The number of nitrogens with zero attached hydrogens (tertiary/aromatic N) is 4. The molecule has 0 saturated carbocycles. The second-order valence-electron chi connectivity index (χ2n) is 7.36. The topological polar surface area (TPSA) is 121 Å². The average molecular weight is 469 g/mol. The zero-order valence-corrected chi connectivity index (χ0v) is 18.9. The lowest BCUT2D eigenvalue weighted by molar-refractivity contribution is 0.103. The lowest BCUT2D eigenvalue weighted by Gasteiger charge is -2.17. The first-order chi connectivity index (χ1) is 15.7. The van der Waals surface area contributed by atoms with Crippen LogP contribution in [0.3, 0.4) is 0 Å². The number of halogens is 1. The zero-order valence-electron chi connectivity index (χ0n) is 18.1. The molecule has 4 aromatic rings. The number of ketones is 1. The first kappa shape index (κ1) is 22.5. The van der Waals surface area contributed by atoms with E-state index in [1.165, 1.54) is 31.4 Å². The number of pyridine rings is 1. The summed E-state index contributed by atoms with van der Waals surface area (Å²) in [5.41, 5.74) is 1.50. The summed E-state index contributed by atoms with van der Waals surface area (Å²) in [4.78, 5) is 28.8. The van der Waals surface area contributed by atoms with Crippen molar-refractivity contribution in [3.63, 3.8) is 0 Å². The third kappa shape index (κ3) is 4.32. The van der Waals surface area contributed by atoms with Gasteiger partial charge in [-0.3, -0.25) is 9.52 Å². The second-order valence-corrected chi connectivity index (χ2v) is 9.14. The van der Waals surface area contributed by atoms with Crippen LogP contribution >= 0.6 is 0 Å². The van der Waals surface area contributed by atoms with Gasteiger partial charge < -0.3 is 4.98 Å². The molecule has 3 heterocycles. The maximum atomic E-state index is 15.2. The lowest BCUT2D eigenvalue weighted by Crippen LogP contribution is -2.32. The minimum Gasteiger partial charge on any atom is -0.345 e. The number of hydrogen-bond acceptors (Lipinski definition) is 6. The number of nitrogens with one attached hydrogen (secondary N) is 2. The first-order valence-corrected chi connectivity index (χ1v) is 11.5. The van der Waals surface area contributed by atoms with E-state index in [2.05, 4.69) is 24.7 Å². The molecule has 0 radical (unpaired) electrons. The van der Waals surface area contributed by atoms with E-state index >= 15 is 4.39 Å². The highest BCUT2D eigenvalue weighted by Crippen LogP contribution is 2.28. The van der Waals surface area contributed by atoms with E-state index < -0.39 is 21.8 Å². The summed E-state index contributed by atoms with van der Waals surface area (Å²) in [6, 6.07) is 5.74. The molecule has 0 amide bonds. The molecule has 4 rings (SSSR count). The standard InChI is InChI=1S/C22H21FN6O3S/c1-4-29(3)33(31,32)28-19-7-5-6-16(20(19)23)21(30)18-12-27-22-17(18)8-14(9-26-22)15-10-24-13(2)25-11-15/h5-12,28H,4H2,1-3H3,(H,26,27). The molecule has 0 saturated heterocycles. The quantitative estimate of drug-likeness (QED) is 0.402. The summed E-state index contributed by atoms with van der Waals surface area (Å²) in [5, 5.41) is 0.495. The Kier molecular flexibility index (Phi) is 5.91. The van der Waals surface area contributed by atoms with Gasteiger partial charge in [0.15, 0.2) is 11.6 Å². The van der Waals surface area contributed by atoms with Gasteiger partial charge in [-0.15, -0.1) is 0 Å². The molecule has 33 heavy (non-hydrogen) atoms. The highest BCUT2D eigenvalue weighted by molar-refractivity contribution is 7.90. The van der Waals surface area contributed by atoms with Gasteiger partial charge in [0.05, 0.1) is 11.3 Å². The fourth-order valence-electron chi connectivity index (χ4n) is 3.21. The van der Waals surface area contributed by atoms with Crippen LogP contribution in [0.4, 0.5) is 10.1 Å². The molecule has 1 aromatic carbocycles. The monoisotopic (exact) mass is 468 g/mol. The summed E-state index contributed by atoms with van der Waals surface area (Å²) in [6.45, 7) is 3.63. The number of aromatic nitrogens is 4. The van der Waals surface area contributed by atoms with Gasteiger partial charge in [0.1, 0.15) is 11.5 Å². The minimum atomic E-state index is -3.95. The molecule has 0 aliphatic heterocycles. The van der Waals surface area contributed by atoms with Gasteiger partial charge in [-0.05, 0) is 25.1 Å². The normalized spacial score (nSPS) is 11.8. The van der Waals surface area contributed by atoms with Crippen molar-refractivity contribution >= 4 is 32.7 Å². The summed E-state index contributed by atoms with van der Waals surface area (Å²) >= 11 is 0. The number of hydrogen-bond donors (Lipinski definition) is 2. The van der Waals surface area contributed by atoms with Crippen molar-refractivity contribution in [3.05, 3.63) is 71.8 Å². The number of benzene rings is 1. The van der Waals surface area contributed by atoms with Crippen LogP contribution in [0.15, 0.2) is 49.1 Å². The van der Waals surface area contributed by atoms with Crippen molar-refractivity contribution in [2.24, 2.45) is 0 Å². The Hall–Kier alpha value is -3.70. The first-order valence-electron chi connectivity index (χ1n) is 10.0. The third-order valence-corrected chi connectivity index (χ3v) is 6.78. The van der Waals surface area contributed by atoms with E-state index in [0.29, 0.717) is 22.4 Å². The Bertz CT molecular complexity index is 1450. The summed E-state index contributed by atoms with van der Waals surface area (Å²) in [5.74, 6) is -0.940. The SMILES string of the molecule is CCN(C)S(=O)(=O)Nc1cccc(C(=O)c2c[nH]c3ncc(-c4cnc(C)nc4)cc23)c1F. The third-order valence-electron chi connectivity index (χ3n) is 5.23. The zero-order chi connectivity index (χ0) is 23.8. The minimum absolute atomic E-state index is 0.201. The highest BCUT2D eigenvalue weighted by atomic mass is 32.2. The van der Waals surface area contributed by atoms with E-state index in [4.69, 9.17) is 0 Å². The molecular formula is C22H21FN6O3S. The predicted molar refractivity (Wildman–Crippen MR) is 123 cm³/mol. The average Bonchev–Trinajstić information content (AvgIpc) is 3.23. The molecular weight excluding hydrogens is 447 g/mol. The number of aromatic amines is 1. The maximum absolute atomic E-state index is 15.2. The Labute approximate surface area is 189 Å². The van der Waals surface area contributed by atoms with E-state index in [1.54, 1.807) is 38.5 Å². The van der Waals surface area contributed by atoms with Crippen molar-refractivity contribution in [2.75, 3.05) is 18.3 Å². The number of aryl methyl sites for hydroxylation is 1. The van der Waals surface area contributed by atoms with Crippen LogP contribution in [-0.4, -0.2) is 52.0 Å². The summed E-state index contributed by atoms with van der Waals surface area (Å²) in [6.07, 6.45) is 6.39. The Morgan fingerprint density at radius 3 is 2.52 bits per heavy atom. The van der Waals surface area contributed by atoms with Crippen molar-refractivity contribution in [3.8, 4) is 11.1 Å². The van der Waals surface area contributed by atoms with Crippen molar-refractivity contribution < 1.29 is 17.6 Å². The van der Waals surface area contributed by atoms with E-state index in [1.807, 2.05) is 0 Å². The Morgan fingerprint density at radius 2 is 1.82 bits per heavy atom. The Balaban J connectivity index is 1.73. The molecule has 11 heteroatoms. The molecule has 3 aromatic heterocycles. The van der Waals surface area contributed by atoms with Crippen LogP contribution in [0.25, 0.3) is 22.2 Å². The lowest BCUT2D eigenvalue weighted by atomic mass is 10.0. The molecule has 0 aliphatic carbocycles. The molecule has 0 atom stereocenters. The fourth-order valence-corrected chi connectivity index (χ4v) is 4.14. The molecule has 0 fully saturated rings. The number of fused-ring (bicyclic) bond motifs is 1. The molecule has 170 valence electrons. The predicted octanol–water partition coefficient (Wildman–Crippen LogP) is 3.31. The molecule has 0 spiro atoms. The van der Waals surface area contributed by atoms with Gasteiger partial charge >= 0.3 is 10.2 Å². The van der Waals surface area contributed by atoms with Crippen molar-refractivity contribution in [1.29, 1.82) is 0 Å². The summed E-state index contributed by atoms with van der Waals surface area (Å²) < 4.78 is 43.0. The van der Waals surface area contributed by atoms with Crippen LogP contribution in [0.2, 0.25) is 0 Å². The van der Waals surface area contributed by atoms with Crippen molar-refractivity contribution in [2.45, 2.75) is 13.8 Å². The maximum Gasteiger partial charge on any atom is 0.301 e. The number of carbonyl (C=O) groups excluding carboxylic acids is 1. The molecule has 2 N–H and O–H groups in total. The number of carbonyl (C=O) groups is 1. The fraction of sp³-hybridized carbons (Fsp3) is 0.182. The van der Waals surface area contributed by atoms with Gasteiger partial charge in [0, 0.05) is 60.5 Å². The van der Waals surface area contributed by atoms with Gasteiger partial charge in [0.25, 0.3) is 0 Å². The van der Waals surface area contributed by atoms with Crippen LogP contribution in [-0.2, 0) is 10.2 Å². The van der Waals surface area contributed by atoms with Crippen molar-refractivity contribution in [1.82, 2.24) is 24.2 Å². The van der Waals surface area contributed by atoms with E-state index in [0.717, 1.165) is 9.87 Å². The van der Waals surface area contributed by atoms with Gasteiger partial charge in [-0.25, -0.2) is 19.3 Å². The highest BCUT2D eigenvalue weighted by Gasteiger charge is 2.23. The number of H-pyrrole nitrogens is 1. The van der Waals surface area contributed by atoms with Crippen LogP contribution < -0.4 is 4.72 Å². The number of rotatable bonds is 7. The van der Waals surface area contributed by atoms with Gasteiger partial charge in [0.2, 0.25) is 0 Å². The summed E-state index contributed by atoms with van der Waals surface area (Å²) in [7, 11) is -2.59. The van der Waals surface area contributed by atoms with Crippen LogP contribution in [0.1, 0.15) is 28.7 Å². The second kappa shape index (κ2) is 8.68. The molecule has 9 nitrogen and oxygen atoms in total. The van der Waals surface area contributed by atoms with Crippen LogP contribution in [0.5, 0.6) is 0 Å². The van der Waals surface area contributed by atoms with Crippen LogP contribution in [0, 0.1) is 12.7 Å². The smallest absolute Gasteiger partial charge is 0.301 e. The number of anilines is 1. The van der Waals surface area contributed by atoms with E-state index in [-0.39, 0.29) is 23.4 Å². The van der Waals surface area contributed by atoms with E-state index in [9.17, 15) is 13.2 Å². The largest absolute Gasteiger partial charge is 0.345 e. The molecule has 0 bridgehead atoms. The van der Waals surface area contributed by atoms with Gasteiger partial charge in [-0.1, -0.05) is 13.0 Å². The van der Waals surface area contributed by atoms with Gasteiger partial charge in [-0.2, -0.15) is 12.7 Å². The Morgan fingerprint density at radius 1 is 1.12 bits per heavy atom.